The van der Waals surface area contributed by atoms with Crippen LogP contribution in [0.4, 0.5) is 18.9 Å². The summed E-state index contributed by atoms with van der Waals surface area (Å²) in [6.07, 6.45) is 1.27. The predicted molar refractivity (Wildman–Crippen MR) is 88.2 cm³/mol. The van der Waals surface area contributed by atoms with Crippen LogP contribution in [0.3, 0.4) is 0 Å². The molecule has 1 amide bonds. The number of nitrogens with one attached hydrogen (secondary N) is 1. The average Bonchev–Trinajstić information content (AvgIpc) is 2.59. The van der Waals surface area contributed by atoms with E-state index in [1.807, 2.05) is 0 Å². The summed E-state index contributed by atoms with van der Waals surface area (Å²) in [6.45, 7) is -3.36. The third-order valence-corrected chi connectivity index (χ3v) is 2.98. The van der Waals surface area contributed by atoms with Crippen molar-refractivity contribution in [3.63, 3.8) is 0 Å². The zero-order valence-corrected chi connectivity index (χ0v) is 13.6. The Bertz CT molecular complexity index is 784. The second-order valence-electron chi connectivity index (χ2n) is 4.86. The lowest BCUT2D eigenvalue weighted by atomic mass is 10.2. The molecular weight excluding hydrogens is 353 g/mol. The van der Waals surface area contributed by atoms with Gasteiger partial charge in [0.1, 0.15) is 5.82 Å². The van der Waals surface area contributed by atoms with Gasteiger partial charge in [-0.1, -0.05) is 11.2 Å². The smallest absolute Gasteiger partial charge is 0.387 e. The number of amides is 1. The summed E-state index contributed by atoms with van der Waals surface area (Å²) in [5.74, 6) is -1.02. The standard InChI is InChI=1S/C17H15F3N2O4/c1-24-15-7-11(5-6-14(15)26-17(19)20)9-21-25-10-16(23)22-13-4-2-3-12(18)8-13/h2-9,17H,10H2,1H3,(H,22,23)/b21-9-. The number of halogens is 3. The van der Waals surface area contributed by atoms with Crippen molar-refractivity contribution < 1.29 is 32.3 Å². The minimum atomic E-state index is -2.97. The fraction of sp³-hybridized carbons (Fsp3) is 0.176. The van der Waals surface area contributed by atoms with Crippen molar-refractivity contribution in [2.24, 2.45) is 5.16 Å². The Morgan fingerprint density at radius 3 is 2.73 bits per heavy atom. The first-order valence-electron chi connectivity index (χ1n) is 7.31. The average molecular weight is 368 g/mol. The maximum Gasteiger partial charge on any atom is 0.387 e. The normalized spacial score (nSPS) is 10.8. The van der Waals surface area contributed by atoms with Crippen LogP contribution < -0.4 is 14.8 Å². The van der Waals surface area contributed by atoms with E-state index in [9.17, 15) is 18.0 Å². The number of carbonyl (C=O) groups is 1. The largest absolute Gasteiger partial charge is 0.493 e. The maximum atomic E-state index is 13.0. The molecule has 6 nitrogen and oxygen atoms in total. The Morgan fingerprint density at radius 1 is 1.23 bits per heavy atom. The first-order valence-corrected chi connectivity index (χ1v) is 7.31. The molecule has 0 saturated heterocycles. The molecule has 0 aliphatic carbocycles. The molecule has 0 aliphatic heterocycles. The van der Waals surface area contributed by atoms with Crippen molar-refractivity contribution >= 4 is 17.8 Å². The fourth-order valence-corrected chi connectivity index (χ4v) is 1.92. The van der Waals surface area contributed by atoms with Crippen LogP contribution in [0.25, 0.3) is 0 Å². The van der Waals surface area contributed by atoms with Gasteiger partial charge in [-0.3, -0.25) is 4.79 Å². The summed E-state index contributed by atoms with van der Waals surface area (Å²) in [7, 11) is 1.31. The first-order chi connectivity index (χ1) is 12.5. The lowest BCUT2D eigenvalue weighted by Gasteiger charge is -2.09. The van der Waals surface area contributed by atoms with Gasteiger partial charge in [-0.15, -0.1) is 0 Å². The van der Waals surface area contributed by atoms with Crippen molar-refractivity contribution in [2.75, 3.05) is 19.0 Å². The molecule has 0 heterocycles. The summed E-state index contributed by atoms with van der Waals surface area (Å²) < 4.78 is 46.8. The third-order valence-electron chi connectivity index (χ3n) is 2.98. The van der Waals surface area contributed by atoms with Gasteiger partial charge in [-0.05, 0) is 36.4 Å². The van der Waals surface area contributed by atoms with Crippen LogP contribution in [0.2, 0.25) is 0 Å². The van der Waals surface area contributed by atoms with Crippen molar-refractivity contribution in [3.8, 4) is 11.5 Å². The number of carbonyl (C=O) groups excluding carboxylic acids is 1. The van der Waals surface area contributed by atoms with E-state index in [0.717, 1.165) is 6.07 Å². The number of rotatable bonds is 8. The molecule has 0 bridgehead atoms. The zero-order chi connectivity index (χ0) is 18.9. The molecule has 0 radical (unpaired) electrons. The fourth-order valence-electron chi connectivity index (χ4n) is 1.92. The second-order valence-corrected chi connectivity index (χ2v) is 4.86. The van der Waals surface area contributed by atoms with Crippen LogP contribution in [0.1, 0.15) is 5.56 Å². The molecule has 9 heteroatoms. The number of hydrogen-bond donors (Lipinski definition) is 1. The van der Waals surface area contributed by atoms with Gasteiger partial charge < -0.3 is 19.6 Å². The van der Waals surface area contributed by atoms with E-state index in [1.54, 1.807) is 0 Å². The van der Waals surface area contributed by atoms with Crippen molar-refractivity contribution in [1.82, 2.24) is 0 Å². The van der Waals surface area contributed by atoms with Gasteiger partial charge in [0.05, 0.1) is 13.3 Å². The lowest BCUT2D eigenvalue weighted by molar-refractivity contribution is -0.120. The van der Waals surface area contributed by atoms with Gasteiger partial charge in [-0.25, -0.2) is 4.39 Å². The molecule has 2 rings (SSSR count). The van der Waals surface area contributed by atoms with Crippen molar-refractivity contribution in [3.05, 3.63) is 53.8 Å². The minimum absolute atomic E-state index is 0.0955. The molecular formula is C17H15F3N2O4. The third kappa shape index (κ3) is 6.00. The van der Waals surface area contributed by atoms with E-state index < -0.39 is 24.9 Å². The van der Waals surface area contributed by atoms with Crippen LogP contribution in [0.5, 0.6) is 11.5 Å². The van der Waals surface area contributed by atoms with Crippen LogP contribution in [0.15, 0.2) is 47.6 Å². The predicted octanol–water partition coefficient (Wildman–Crippen LogP) is 3.42. The molecule has 0 aliphatic rings. The summed E-state index contributed by atoms with van der Waals surface area (Å²) >= 11 is 0. The minimum Gasteiger partial charge on any atom is -0.493 e. The monoisotopic (exact) mass is 368 g/mol. The highest BCUT2D eigenvalue weighted by atomic mass is 19.3. The van der Waals surface area contributed by atoms with E-state index in [1.165, 1.54) is 49.7 Å². The molecule has 26 heavy (non-hydrogen) atoms. The SMILES string of the molecule is COc1cc(/C=N\OCC(=O)Nc2cccc(F)c2)ccc1OC(F)F. The number of nitrogens with zero attached hydrogens (tertiary/aromatic N) is 1. The molecule has 1 N–H and O–H groups in total. The number of methoxy groups -OCH3 is 1. The molecule has 0 unspecified atom stereocenters. The Kier molecular flexibility index (Phi) is 6.84. The van der Waals surface area contributed by atoms with Crippen LogP contribution in [0, 0.1) is 5.82 Å². The van der Waals surface area contributed by atoms with Gasteiger partial charge in [0.25, 0.3) is 5.91 Å². The van der Waals surface area contributed by atoms with Crippen LogP contribution in [-0.2, 0) is 9.63 Å². The second kappa shape index (κ2) is 9.30. The van der Waals surface area contributed by atoms with Crippen molar-refractivity contribution in [1.29, 1.82) is 0 Å². The van der Waals surface area contributed by atoms with E-state index in [2.05, 4.69) is 15.2 Å². The van der Waals surface area contributed by atoms with E-state index in [0.29, 0.717) is 11.3 Å². The highest BCUT2D eigenvalue weighted by Crippen LogP contribution is 2.28. The summed E-state index contributed by atoms with van der Waals surface area (Å²) in [6, 6.07) is 9.57. The van der Waals surface area contributed by atoms with Crippen molar-refractivity contribution in [2.45, 2.75) is 6.61 Å². The highest BCUT2D eigenvalue weighted by molar-refractivity contribution is 5.91. The van der Waals surface area contributed by atoms with Crippen LogP contribution in [-0.4, -0.2) is 32.4 Å². The molecule has 2 aromatic carbocycles. The molecule has 0 fully saturated rings. The summed E-state index contributed by atoms with van der Waals surface area (Å²) in [4.78, 5) is 16.5. The van der Waals surface area contributed by atoms with Crippen LogP contribution >= 0.6 is 0 Å². The first kappa shape index (κ1) is 19.1. The highest BCUT2D eigenvalue weighted by Gasteiger charge is 2.10. The van der Waals surface area contributed by atoms with E-state index >= 15 is 0 Å². The molecule has 0 saturated carbocycles. The Balaban J connectivity index is 1.87. The number of hydrogen-bond acceptors (Lipinski definition) is 5. The van der Waals surface area contributed by atoms with Gasteiger partial charge in [0.15, 0.2) is 18.1 Å². The molecule has 0 spiro atoms. The Hall–Kier alpha value is -3.23. The molecule has 0 atom stereocenters. The number of ether oxygens (including phenoxy) is 2. The zero-order valence-electron chi connectivity index (χ0n) is 13.6. The summed E-state index contributed by atoms with van der Waals surface area (Å²) in [5, 5.41) is 6.04. The lowest BCUT2D eigenvalue weighted by Crippen LogP contribution is -2.17. The van der Waals surface area contributed by atoms with Gasteiger partial charge in [0.2, 0.25) is 0 Å². The summed E-state index contributed by atoms with van der Waals surface area (Å²) in [5.41, 5.74) is 0.774. The quantitative estimate of drug-likeness (QED) is 0.573. The Labute approximate surface area is 147 Å². The van der Waals surface area contributed by atoms with E-state index in [4.69, 9.17) is 9.57 Å². The number of oxime groups is 1. The Morgan fingerprint density at radius 2 is 2.04 bits per heavy atom. The maximum absolute atomic E-state index is 13.0. The van der Waals surface area contributed by atoms with Gasteiger partial charge >= 0.3 is 6.61 Å². The van der Waals surface area contributed by atoms with Gasteiger partial charge in [-0.2, -0.15) is 8.78 Å². The number of benzene rings is 2. The number of alkyl halides is 2. The molecule has 2 aromatic rings. The number of anilines is 1. The van der Waals surface area contributed by atoms with Gasteiger partial charge in [0, 0.05) is 11.3 Å². The molecule has 138 valence electrons. The molecule has 0 aromatic heterocycles. The topological polar surface area (TPSA) is 69.2 Å². The van der Waals surface area contributed by atoms with E-state index in [-0.39, 0.29) is 11.5 Å².